The Hall–Kier alpha value is -5.93. The molecule has 5 aromatic rings. The number of rotatable bonds is 9. The first-order chi connectivity index (χ1) is 38.6. The highest BCUT2D eigenvalue weighted by molar-refractivity contribution is 7.88. The van der Waals surface area contributed by atoms with Gasteiger partial charge in [-0.1, -0.05) is 88.3 Å². The number of carbonyl (C=O) groups excluding carboxylic acids is 3. The molecule has 13 nitrogen and oxygen atoms in total. The largest absolute Gasteiger partial charge is 0.534 e. The van der Waals surface area contributed by atoms with Crippen molar-refractivity contribution in [1.29, 1.82) is 0 Å². The molecular formula is C52H46Cl5F12N5O8S. The van der Waals surface area contributed by atoms with E-state index in [1.54, 1.807) is 48.5 Å². The number of carbonyl (C=O) groups is 3. The van der Waals surface area contributed by atoms with Crippen LogP contribution >= 0.6 is 58.0 Å². The summed E-state index contributed by atoms with van der Waals surface area (Å²) in [4.78, 5) is 36.7. The van der Waals surface area contributed by atoms with Crippen LogP contribution < -0.4 is 19.6 Å². The lowest BCUT2D eigenvalue weighted by molar-refractivity contribution is -0.185. The topological polar surface area (TPSA) is 158 Å². The fraction of sp³-hybridized carbons (Fsp3) is 0.365. The number of phenols is 1. The molecule has 0 aliphatic carbocycles. The zero-order chi connectivity index (χ0) is 61.6. The van der Waals surface area contributed by atoms with Crippen LogP contribution in [0.25, 0.3) is 0 Å². The van der Waals surface area contributed by atoms with Crippen molar-refractivity contribution in [3.05, 3.63) is 142 Å². The second-order valence-electron chi connectivity index (χ2n) is 18.4. The van der Waals surface area contributed by atoms with Crippen LogP contribution in [-0.4, -0.2) is 116 Å². The molecule has 8 rings (SSSR count). The Morgan fingerprint density at radius 3 is 1.24 bits per heavy atom. The molecule has 0 aromatic heterocycles. The number of halogens is 17. The molecule has 0 saturated heterocycles. The Balaban J connectivity index is 0.000000200. The molecule has 83 heavy (non-hydrogen) atoms. The summed E-state index contributed by atoms with van der Waals surface area (Å²) >= 11 is 30.5. The number of methoxy groups -OCH3 is 1. The summed E-state index contributed by atoms with van der Waals surface area (Å²) < 4.78 is 184. The normalized spacial score (nSPS) is 14.8. The fourth-order valence-electron chi connectivity index (χ4n) is 8.99. The molecule has 0 atom stereocenters. The molecule has 0 fully saturated rings. The molecule has 0 radical (unpaired) electrons. The van der Waals surface area contributed by atoms with Crippen molar-refractivity contribution in [2.24, 2.45) is 0 Å². The van der Waals surface area contributed by atoms with Crippen molar-refractivity contribution < 1.29 is 89.5 Å². The van der Waals surface area contributed by atoms with Crippen LogP contribution in [0.1, 0.15) is 44.5 Å². The van der Waals surface area contributed by atoms with Gasteiger partial charge in [-0.3, -0.25) is 14.4 Å². The molecule has 0 saturated carbocycles. The van der Waals surface area contributed by atoms with Crippen LogP contribution in [0.15, 0.2) is 72.8 Å². The van der Waals surface area contributed by atoms with Gasteiger partial charge in [0, 0.05) is 57.9 Å². The number of nitrogens with one attached hydrogen (secondary N) is 2. The van der Waals surface area contributed by atoms with Crippen molar-refractivity contribution in [3.8, 4) is 17.2 Å². The van der Waals surface area contributed by atoms with E-state index < -0.39 is 69.2 Å². The monoisotopic (exact) mass is 1300 g/mol. The Kier molecular flexibility index (Phi) is 21.5. The predicted molar refractivity (Wildman–Crippen MR) is 286 cm³/mol. The van der Waals surface area contributed by atoms with E-state index in [1.165, 1.54) is 19.2 Å². The maximum Gasteiger partial charge on any atom is 0.534 e. The van der Waals surface area contributed by atoms with E-state index in [0.717, 1.165) is 49.2 Å². The third-order valence-corrected chi connectivity index (χ3v) is 15.6. The van der Waals surface area contributed by atoms with E-state index in [4.69, 9.17) is 62.7 Å². The number of phenolic OH excluding ortho intramolecular Hbond substituents is 1. The van der Waals surface area contributed by atoms with Gasteiger partial charge in [0.25, 0.3) is 0 Å². The van der Waals surface area contributed by atoms with Gasteiger partial charge in [-0.2, -0.15) is 61.1 Å². The van der Waals surface area contributed by atoms with Gasteiger partial charge in [0.2, 0.25) is 0 Å². The smallest absolute Gasteiger partial charge is 0.506 e. The zero-order valence-electron chi connectivity index (χ0n) is 42.8. The van der Waals surface area contributed by atoms with E-state index in [2.05, 4.69) is 14.8 Å². The third-order valence-electron chi connectivity index (χ3n) is 13.1. The van der Waals surface area contributed by atoms with E-state index in [1.807, 2.05) is 6.07 Å². The maximum absolute atomic E-state index is 12.8. The number of anilines is 2. The molecule has 3 amide bonds. The minimum absolute atomic E-state index is 0.0000141. The van der Waals surface area contributed by atoms with Gasteiger partial charge in [0.1, 0.15) is 11.5 Å². The van der Waals surface area contributed by atoms with Crippen molar-refractivity contribution in [2.75, 3.05) is 57.0 Å². The summed E-state index contributed by atoms with van der Waals surface area (Å²) in [6.07, 6.45) is -14.2. The van der Waals surface area contributed by atoms with Crippen LogP contribution in [-0.2, 0) is 76.1 Å². The number of ether oxygens (including phenoxy) is 1. The van der Waals surface area contributed by atoms with Crippen LogP contribution in [0, 0.1) is 0 Å². The third kappa shape index (κ3) is 16.9. The number of benzene rings is 5. The maximum atomic E-state index is 12.8. The van der Waals surface area contributed by atoms with E-state index in [0.29, 0.717) is 63.0 Å². The van der Waals surface area contributed by atoms with Gasteiger partial charge < -0.3 is 39.4 Å². The second kappa shape index (κ2) is 27.0. The summed E-state index contributed by atoms with van der Waals surface area (Å²) in [5.74, 6) is -5.98. The number of hydrogen-bond donors (Lipinski definition) is 3. The number of fused-ring (bicyclic) bond motifs is 3. The first kappa shape index (κ1) is 66.2. The number of alkyl halides is 12. The minimum atomic E-state index is -6.02. The van der Waals surface area contributed by atoms with Crippen LogP contribution in [0.3, 0.4) is 0 Å². The average molecular weight is 1310 g/mol. The summed E-state index contributed by atoms with van der Waals surface area (Å²) in [5, 5.41) is 17.1. The van der Waals surface area contributed by atoms with Gasteiger partial charge in [-0.25, -0.2) is 0 Å². The molecular weight excluding hydrogens is 1260 g/mol. The summed E-state index contributed by atoms with van der Waals surface area (Å²) in [5.41, 5.74) is 0.789. The van der Waals surface area contributed by atoms with Gasteiger partial charge in [-0.15, -0.1) is 0 Å². The van der Waals surface area contributed by atoms with Crippen LogP contribution in [0.2, 0.25) is 25.1 Å². The highest BCUT2D eigenvalue weighted by Gasteiger charge is 2.50. The van der Waals surface area contributed by atoms with Gasteiger partial charge in [0.15, 0.2) is 5.75 Å². The molecule has 3 aliphatic heterocycles. The van der Waals surface area contributed by atoms with Crippen molar-refractivity contribution in [1.82, 2.24) is 14.7 Å². The Morgan fingerprint density at radius 1 is 0.506 bits per heavy atom. The molecule has 3 N–H and O–H groups in total. The predicted octanol–water partition coefficient (Wildman–Crippen LogP) is 13.0. The molecule has 452 valence electrons. The fourth-order valence-corrected chi connectivity index (χ4v) is 10.7. The Labute approximate surface area is 491 Å². The van der Waals surface area contributed by atoms with Gasteiger partial charge in [0.05, 0.1) is 43.6 Å². The molecule has 3 heterocycles. The summed E-state index contributed by atoms with van der Waals surface area (Å²) in [6.45, 7) is -0.0976. The average Bonchev–Trinajstić information content (AvgIpc) is 4.05. The highest BCUT2D eigenvalue weighted by atomic mass is 35.5. The highest BCUT2D eigenvalue weighted by Crippen LogP contribution is 2.39. The quantitative estimate of drug-likeness (QED) is 0.0737. The van der Waals surface area contributed by atoms with E-state index >= 15 is 0 Å². The summed E-state index contributed by atoms with van der Waals surface area (Å²) in [7, 11) is -4.48. The van der Waals surface area contributed by atoms with Crippen LogP contribution in [0.5, 0.6) is 17.2 Å². The lowest BCUT2D eigenvalue weighted by Crippen LogP contribution is -2.42. The molecule has 0 spiro atoms. The molecule has 0 bridgehead atoms. The Morgan fingerprint density at radius 2 is 0.867 bits per heavy atom. The van der Waals surface area contributed by atoms with Crippen LogP contribution in [0.4, 0.5) is 64.1 Å². The van der Waals surface area contributed by atoms with Gasteiger partial charge in [-0.05, 0) is 120 Å². The minimum Gasteiger partial charge on any atom is -0.506 e. The van der Waals surface area contributed by atoms with E-state index in [-0.39, 0.29) is 80.3 Å². The second-order valence-corrected chi connectivity index (χ2v) is 22.0. The zero-order valence-corrected chi connectivity index (χ0v) is 47.4. The first-order valence-electron chi connectivity index (χ1n) is 24.4. The molecule has 31 heteroatoms. The lowest BCUT2D eigenvalue weighted by Gasteiger charge is -2.21. The van der Waals surface area contributed by atoms with Gasteiger partial charge >= 0.3 is 51.9 Å². The number of amides is 3. The number of aromatic hydroxyl groups is 1. The molecule has 3 aliphatic rings. The number of hydrogen-bond acceptors (Lipinski definition) is 10. The molecule has 5 aromatic carbocycles. The lowest BCUT2D eigenvalue weighted by atomic mass is 10.0. The first-order valence-corrected chi connectivity index (χ1v) is 27.7. The van der Waals surface area contributed by atoms with Crippen molar-refractivity contribution in [3.63, 3.8) is 0 Å². The van der Waals surface area contributed by atoms with E-state index in [9.17, 15) is 80.6 Å². The van der Waals surface area contributed by atoms with Crippen molar-refractivity contribution in [2.45, 2.75) is 75.7 Å². The SMILES string of the molecule is COc1ccc(CNc2c(Cl)ccc3c2CCN(C(=O)C(F)(F)F)CC3)cc1Cl.O=C(N1CCc2ccc(Cl)c(NCc3ccc(O)c(Cl)c3)c2CC1)C(F)(F)F.O=C(N1CCc2ccc(Cl)c(OS(=O)(=O)C(F)(F)F)c2CC1)C(F)(F)F. The summed E-state index contributed by atoms with van der Waals surface area (Å²) in [6, 6.07) is 19.6. The number of nitrogens with zero attached hydrogens (tertiary/aromatic N) is 3. The standard InChI is InChI=1S/C20H19Cl2F3N2O2.C19H17Cl2F3N2O2.C13H10ClF6NO4S/c1-29-17-5-2-12(10-16(17)22)11-26-18-14-7-9-27(19(28)20(23,24)25)8-6-13(14)3-4-15(18)21;20-14-3-2-12-5-7-26(18(28)19(22,23)24)8-6-13(12)17(14)25-10-11-1-4-16(27)15(21)9-11;14-9-2-1-7-3-5-21(11(22)12(15,16)17)6-4-8(7)10(9)25-26(23,24)13(18,19)20/h2-5,10,26H,6-9,11H2,1H3;1-4,9,25,27H,5-8,10H2;1-2H,3-6H2. The van der Waals surface area contributed by atoms with Crippen molar-refractivity contribution >= 4 is 97.2 Å². The Bertz CT molecular complexity index is 3340. The molecule has 0 unspecified atom stereocenters.